The van der Waals surface area contributed by atoms with Gasteiger partial charge in [-0.05, 0) is 30.7 Å². The average Bonchev–Trinajstić information content (AvgIpc) is 2.42. The van der Waals surface area contributed by atoms with Crippen molar-refractivity contribution in [1.82, 2.24) is 4.90 Å². The number of hydrogen-bond donors (Lipinski definition) is 2. The second-order valence-corrected chi connectivity index (χ2v) is 4.12. The van der Waals surface area contributed by atoms with Crippen molar-refractivity contribution in [2.45, 2.75) is 6.42 Å². The van der Waals surface area contributed by atoms with E-state index in [0.29, 0.717) is 11.6 Å². The second kappa shape index (κ2) is 9.20. The third-order valence-electron chi connectivity index (χ3n) is 2.68. The molecule has 0 aromatic heterocycles. The molecule has 0 radical (unpaired) electrons. The van der Waals surface area contributed by atoms with Gasteiger partial charge in [0.2, 0.25) is 5.96 Å². The first-order chi connectivity index (χ1) is 9.15. The van der Waals surface area contributed by atoms with Crippen LogP contribution in [0.2, 0.25) is 0 Å². The first-order valence-corrected chi connectivity index (χ1v) is 5.99. The number of guanidine groups is 2. The lowest BCUT2D eigenvalue weighted by molar-refractivity contribution is 0.450. The molecule has 0 amide bonds. The lowest BCUT2D eigenvalue weighted by atomic mass is 10.3. The van der Waals surface area contributed by atoms with E-state index < -0.39 is 0 Å². The molecule has 116 valence electrons. The van der Waals surface area contributed by atoms with Crippen LogP contribution < -0.4 is 11.5 Å². The molecule has 1 heterocycles. The molecule has 5 nitrogen and oxygen atoms in total. The Morgan fingerprint density at radius 2 is 1.76 bits per heavy atom. The fourth-order valence-electron chi connectivity index (χ4n) is 1.71. The molecule has 0 atom stereocenters. The molecule has 0 bridgehead atoms. The Balaban J connectivity index is 0.00000200. The molecule has 1 aromatic carbocycles. The largest absolute Gasteiger partial charge is 0.369 e. The minimum Gasteiger partial charge on any atom is -0.369 e. The highest BCUT2D eigenvalue weighted by Crippen LogP contribution is 2.12. The van der Waals surface area contributed by atoms with Gasteiger partial charge < -0.3 is 16.4 Å². The van der Waals surface area contributed by atoms with Gasteiger partial charge in [-0.3, -0.25) is 0 Å². The monoisotopic (exact) mass is 333 g/mol. The van der Waals surface area contributed by atoms with Gasteiger partial charge in [0.05, 0.1) is 5.69 Å². The molecule has 0 unspecified atom stereocenters. The van der Waals surface area contributed by atoms with Gasteiger partial charge in [-0.2, -0.15) is 4.99 Å². The van der Waals surface area contributed by atoms with Crippen molar-refractivity contribution in [3.05, 3.63) is 42.2 Å². The number of nitrogens with two attached hydrogens (primary N) is 2. The fourth-order valence-corrected chi connectivity index (χ4v) is 1.71. The number of halogens is 3. The standard InChI is InChI=1S/C13H16FN5.2ClH/c14-10-4-6-11(7-5-10)17-12(15)18-13(16)19-8-2-1-3-9-19;;/h1-2,4-7H,3,8-9H2,(H4,15,16,17,18);2*1H. The summed E-state index contributed by atoms with van der Waals surface area (Å²) in [4.78, 5) is 10.00. The van der Waals surface area contributed by atoms with Crippen molar-refractivity contribution < 1.29 is 4.39 Å². The zero-order chi connectivity index (χ0) is 13.7. The summed E-state index contributed by atoms with van der Waals surface area (Å²) in [7, 11) is 0. The molecular formula is C13H18Cl2FN5. The van der Waals surface area contributed by atoms with Crippen LogP contribution in [0, 0.1) is 5.82 Å². The van der Waals surface area contributed by atoms with E-state index in [0.717, 1.165) is 19.5 Å². The molecule has 2 rings (SSSR count). The molecule has 1 aliphatic rings. The summed E-state index contributed by atoms with van der Waals surface area (Å²) in [6, 6.07) is 5.68. The van der Waals surface area contributed by atoms with Crippen LogP contribution in [0.5, 0.6) is 0 Å². The summed E-state index contributed by atoms with van der Waals surface area (Å²) in [6.45, 7) is 1.54. The summed E-state index contributed by atoms with van der Waals surface area (Å²) in [5.74, 6) is 0.0759. The number of benzene rings is 1. The van der Waals surface area contributed by atoms with Gasteiger partial charge in [0.1, 0.15) is 5.82 Å². The van der Waals surface area contributed by atoms with Crippen LogP contribution in [0.25, 0.3) is 0 Å². The molecular weight excluding hydrogens is 316 g/mol. The Morgan fingerprint density at radius 3 is 2.33 bits per heavy atom. The lowest BCUT2D eigenvalue weighted by Gasteiger charge is -2.23. The SMILES string of the molecule is Cl.Cl.NC(=Nc1ccc(F)cc1)/N=C(/N)N1CC=CCC1. The van der Waals surface area contributed by atoms with Crippen molar-refractivity contribution in [3.8, 4) is 0 Å². The van der Waals surface area contributed by atoms with E-state index in [2.05, 4.69) is 16.1 Å². The highest BCUT2D eigenvalue weighted by Gasteiger charge is 2.08. The van der Waals surface area contributed by atoms with Gasteiger partial charge in [0.15, 0.2) is 5.96 Å². The fraction of sp³-hybridized carbons (Fsp3) is 0.231. The van der Waals surface area contributed by atoms with Gasteiger partial charge in [-0.25, -0.2) is 9.38 Å². The third kappa shape index (κ3) is 6.01. The van der Waals surface area contributed by atoms with Gasteiger partial charge in [-0.1, -0.05) is 12.2 Å². The quantitative estimate of drug-likeness (QED) is 0.469. The minimum atomic E-state index is -0.319. The molecule has 1 aromatic rings. The van der Waals surface area contributed by atoms with Crippen molar-refractivity contribution >= 4 is 42.4 Å². The van der Waals surface area contributed by atoms with Crippen LogP contribution in [0.1, 0.15) is 6.42 Å². The van der Waals surface area contributed by atoms with Crippen molar-refractivity contribution in [2.24, 2.45) is 21.5 Å². The van der Waals surface area contributed by atoms with E-state index >= 15 is 0 Å². The van der Waals surface area contributed by atoms with Crippen molar-refractivity contribution in [1.29, 1.82) is 0 Å². The smallest absolute Gasteiger partial charge is 0.223 e. The molecule has 0 aliphatic carbocycles. The predicted octanol–water partition coefficient (Wildman–Crippen LogP) is 2.19. The molecule has 0 saturated heterocycles. The molecule has 4 N–H and O–H groups in total. The first-order valence-electron chi connectivity index (χ1n) is 5.99. The average molecular weight is 334 g/mol. The number of nitrogens with zero attached hydrogens (tertiary/aromatic N) is 3. The Kier molecular flexibility index (Phi) is 8.42. The van der Waals surface area contributed by atoms with E-state index in [4.69, 9.17) is 11.5 Å². The lowest BCUT2D eigenvalue weighted by Crippen LogP contribution is -2.40. The number of rotatable bonds is 1. The van der Waals surface area contributed by atoms with Gasteiger partial charge in [0, 0.05) is 13.1 Å². The maximum Gasteiger partial charge on any atom is 0.223 e. The zero-order valence-electron chi connectivity index (χ0n) is 11.3. The Hall–Kier alpha value is -1.79. The third-order valence-corrected chi connectivity index (χ3v) is 2.68. The Morgan fingerprint density at radius 1 is 1.10 bits per heavy atom. The van der Waals surface area contributed by atoms with Gasteiger partial charge >= 0.3 is 0 Å². The molecule has 8 heteroatoms. The van der Waals surface area contributed by atoms with E-state index in [9.17, 15) is 4.39 Å². The minimum absolute atomic E-state index is 0. The van der Waals surface area contributed by atoms with Crippen LogP contribution in [-0.2, 0) is 0 Å². The highest BCUT2D eigenvalue weighted by molar-refractivity contribution is 5.94. The van der Waals surface area contributed by atoms with Crippen LogP contribution in [0.4, 0.5) is 10.1 Å². The maximum atomic E-state index is 12.7. The van der Waals surface area contributed by atoms with Crippen molar-refractivity contribution in [3.63, 3.8) is 0 Å². The number of aliphatic imine (C=N–C) groups is 2. The summed E-state index contributed by atoms with van der Waals surface area (Å²) >= 11 is 0. The normalized spacial score (nSPS) is 15.2. The first kappa shape index (κ1) is 19.2. The summed E-state index contributed by atoms with van der Waals surface area (Å²) < 4.78 is 12.7. The Labute approximate surface area is 135 Å². The van der Waals surface area contributed by atoms with Crippen LogP contribution >= 0.6 is 24.8 Å². The Bertz CT molecular complexity index is 528. The molecule has 0 fully saturated rings. The molecule has 21 heavy (non-hydrogen) atoms. The van der Waals surface area contributed by atoms with E-state index in [1.165, 1.54) is 24.3 Å². The zero-order valence-corrected chi connectivity index (χ0v) is 12.9. The molecule has 0 saturated carbocycles. The van der Waals surface area contributed by atoms with Crippen LogP contribution in [-0.4, -0.2) is 29.9 Å². The summed E-state index contributed by atoms with van der Waals surface area (Å²) in [5, 5.41) is 0. The maximum absolute atomic E-state index is 12.7. The summed E-state index contributed by atoms with van der Waals surface area (Å²) in [5.41, 5.74) is 12.1. The number of hydrogen-bond acceptors (Lipinski definition) is 1. The topological polar surface area (TPSA) is 80.0 Å². The van der Waals surface area contributed by atoms with E-state index in [1.54, 1.807) is 0 Å². The molecule has 1 aliphatic heterocycles. The van der Waals surface area contributed by atoms with Gasteiger partial charge in [0.25, 0.3) is 0 Å². The van der Waals surface area contributed by atoms with Crippen LogP contribution in [0.15, 0.2) is 46.4 Å². The predicted molar refractivity (Wildman–Crippen MR) is 89.1 cm³/mol. The van der Waals surface area contributed by atoms with Crippen molar-refractivity contribution in [2.75, 3.05) is 13.1 Å². The van der Waals surface area contributed by atoms with Gasteiger partial charge in [-0.15, -0.1) is 24.8 Å². The van der Waals surface area contributed by atoms with E-state index in [1.807, 2.05) is 11.0 Å². The van der Waals surface area contributed by atoms with E-state index in [-0.39, 0.29) is 36.6 Å². The second-order valence-electron chi connectivity index (χ2n) is 4.12. The highest BCUT2D eigenvalue weighted by atomic mass is 35.5. The molecule has 0 spiro atoms. The van der Waals surface area contributed by atoms with Crippen LogP contribution in [0.3, 0.4) is 0 Å². The summed E-state index contributed by atoms with van der Waals surface area (Å²) in [6.07, 6.45) is 5.06.